The Morgan fingerprint density at radius 1 is 0.652 bits per heavy atom. The van der Waals surface area contributed by atoms with Crippen LogP contribution in [0.5, 0.6) is 0 Å². The van der Waals surface area contributed by atoms with Gasteiger partial charge in [0.25, 0.3) is 0 Å². The number of benzene rings is 1. The van der Waals surface area contributed by atoms with E-state index in [9.17, 15) is 67.7 Å². The second kappa shape index (κ2) is 26.7. The van der Waals surface area contributed by atoms with Crippen LogP contribution in [0.1, 0.15) is 56.9 Å². The van der Waals surface area contributed by atoms with Crippen LogP contribution in [0.25, 0.3) is 0 Å². The Labute approximate surface area is 376 Å². The third-order valence-corrected chi connectivity index (χ3v) is 9.58. The average Bonchev–Trinajstić information content (AvgIpc) is 3.73. The summed E-state index contributed by atoms with van der Waals surface area (Å²) in [6.07, 6.45) is -3.20. The van der Waals surface area contributed by atoms with E-state index >= 15 is 0 Å². The SMILES string of the molecule is NC(=O)C[C@H](NC(=O)CNC(=O)[C@H](CC(N)=O)NC(=O)[C@H](CCCN=C(N)N)NC(=O)[C@@H](N)CC(N)=O)C(=O)N[C@@H](Cc1ccccc1)C(=O)N[C@@H](CC(=O)O)C(=O)N1CCC[C@H]1C(=O)O. The summed E-state index contributed by atoms with van der Waals surface area (Å²) in [4.78, 5) is 157. The molecule has 0 radical (unpaired) electrons. The first-order valence-electron chi connectivity index (χ1n) is 20.2. The predicted molar refractivity (Wildman–Crippen MR) is 227 cm³/mol. The number of nitrogens with one attached hydrogen (secondary N) is 6. The van der Waals surface area contributed by atoms with E-state index in [0.29, 0.717) is 12.0 Å². The maximum absolute atomic E-state index is 13.8. The van der Waals surface area contributed by atoms with Gasteiger partial charge in [-0.3, -0.25) is 57.7 Å². The first-order chi connectivity index (χ1) is 31.0. The Morgan fingerprint density at radius 3 is 1.74 bits per heavy atom. The predicted octanol–water partition coefficient (Wildman–Crippen LogP) is -7.67. The van der Waals surface area contributed by atoms with Gasteiger partial charge in [0.05, 0.1) is 38.3 Å². The molecular weight excluding hydrogens is 877 g/mol. The number of hydrogen-bond donors (Lipinski definition) is 14. The Hall–Kier alpha value is -7.91. The highest BCUT2D eigenvalue weighted by Gasteiger charge is 2.40. The van der Waals surface area contributed by atoms with Crippen molar-refractivity contribution >= 4 is 77.0 Å². The van der Waals surface area contributed by atoms with Gasteiger partial charge >= 0.3 is 11.9 Å². The number of amides is 10. The molecule has 1 aromatic carbocycles. The van der Waals surface area contributed by atoms with Gasteiger partial charge in [-0.25, -0.2) is 4.79 Å². The van der Waals surface area contributed by atoms with Crippen LogP contribution in [0.2, 0.25) is 0 Å². The number of carboxylic acid groups (broad SMARTS) is 2. The first kappa shape index (κ1) is 54.2. The number of primary amides is 3. The zero-order chi connectivity index (χ0) is 49.7. The van der Waals surface area contributed by atoms with Gasteiger partial charge in [0, 0.05) is 19.5 Å². The molecule has 0 saturated carbocycles. The normalized spacial score (nSPS) is 15.7. The van der Waals surface area contributed by atoms with E-state index < -0.39 is 146 Å². The molecular formula is C38H56N14O14. The third kappa shape index (κ3) is 19.2. The fourth-order valence-corrected chi connectivity index (χ4v) is 6.46. The number of aliphatic carboxylic acids is 2. The van der Waals surface area contributed by atoms with Crippen molar-refractivity contribution in [3.8, 4) is 0 Å². The van der Waals surface area contributed by atoms with E-state index in [1.54, 1.807) is 30.3 Å². The number of guanidine groups is 1. The Bertz CT molecular complexity index is 2020. The Kier molecular flexibility index (Phi) is 21.9. The largest absolute Gasteiger partial charge is 0.481 e. The first-order valence-corrected chi connectivity index (χ1v) is 20.2. The van der Waals surface area contributed by atoms with Crippen LogP contribution in [-0.2, 0) is 64.0 Å². The van der Waals surface area contributed by atoms with Crippen molar-refractivity contribution < 1.29 is 67.7 Å². The highest BCUT2D eigenvalue weighted by Crippen LogP contribution is 2.19. The number of aliphatic imine (C=N–C) groups is 1. The van der Waals surface area contributed by atoms with Gasteiger partial charge in [-0.1, -0.05) is 30.3 Å². The molecule has 0 spiro atoms. The lowest BCUT2D eigenvalue weighted by Crippen LogP contribution is -2.59. The number of carbonyl (C=O) groups excluding carboxylic acids is 10. The van der Waals surface area contributed by atoms with Crippen LogP contribution in [0, 0.1) is 0 Å². The molecule has 1 saturated heterocycles. The molecule has 1 aliphatic rings. The summed E-state index contributed by atoms with van der Waals surface area (Å²) < 4.78 is 0. The molecule has 20 N–H and O–H groups in total. The Balaban J connectivity index is 2.27. The molecule has 28 nitrogen and oxygen atoms in total. The van der Waals surface area contributed by atoms with Crippen LogP contribution in [0.3, 0.4) is 0 Å². The minimum atomic E-state index is -1.82. The molecule has 66 heavy (non-hydrogen) atoms. The highest BCUT2D eigenvalue weighted by atomic mass is 16.4. The molecule has 10 amide bonds. The molecule has 1 aliphatic heterocycles. The number of rotatable bonds is 28. The topological polar surface area (TPSA) is 489 Å². The van der Waals surface area contributed by atoms with Gasteiger partial charge in [0.1, 0.15) is 36.3 Å². The average molecular weight is 933 g/mol. The van der Waals surface area contributed by atoms with Crippen molar-refractivity contribution in [2.75, 3.05) is 19.6 Å². The quantitative estimate of drug-likeness (QED) is 0.0211. The number of nitrogens with two attached hydrogens (primary N) is 6. The summed E-state index contributed by atoms with van der Waals surface area (Å²) in [5.41, 5.74) is 32.5. The van der Waals surface area contributed by atoms with Crippen molar-refractivity contribution in [2.24, 2.45) is 39.4 Å². The molecule has 7 atom stereocenters. The summed E-state index contributed by atoms with van der Waals surface area (Å²) in [6, 6.07) is -3.16. The standard InChI is InChI=1S/C38H56N14O14/c39-19(13-26(40)53)31(59)48-20(8-4-10-45-38(43)44)33(61)50-22(14-27(41)54)32(60)46-17-29(56)47-23(15-28(42)55)35(63)49-21(12-18-6-2-1-3-7-18)34(62)51-24(16-30(57)58)36(64)52-11-5-9-25(52)37(65)66/h1-3,6-7,19-25H,4-5,8-17,39H2,(H2,40,53)(H2,41,54)(H2,42,55)(H,46,60)(H,47,56)(H,48,59)(H,49,63)(H,50,61)(H,51,62)(H,57,58)(H,65,66)(H4,43,44,45)/t19-,20-,21-,22-,23-,24-,25-/m0/s1. The summed E-state index contributed by atoms with van der Waals surface area (Å²) in [6.45, 7) is -0.997. The van der Waals surface area contributed by atoms with Gasteiger partial charge in [-0.05, 0) is 31.2 Å². The van der Waals surface area contributed by atoms with Crippen LogP contribution in [-0.4, -0.2) is 154 Å². The molecule has 1 aromatic rings. The van der Waals surface area contributed by atoms with Gasteiger partial charge in [0.15, 0.2) is 5.96 Å². The maximum Gasteiger partial charge on any atom is 0.326 e. The Morgan fingerprint density at radius 2 is 1.18 bits per heavy atom. The van der Waals surface area contributed by atoms with Crippen LogP contribution in [0.4, 0.5) is 0 Å². The number of likely N-dealkylation sites (tertiary alicyclic amines) is 1. The van der Waals surface area contributed by atoms with Crippen molar-refractivity contribution in [1.29, 1.82) is 0 Å². The lowest BCUT2D eigenvalue weighted by atomic mass is 10.0. The number of nitrogens with zero attached hydrogens (tertiary/aromatic N) is 2. The minimum absolute atomic E-state index is 0.00502. The minimum Gasteiger partial charge on any atom is -0.481 e. The number of hydrogen-bond acceptors (Lipinski definition) is 14. The third-order valence-electron chi connectivity index (χ3n) is 9.58. The number of carboxylic acids is 2. The van der Waals surface area contributed by atoms with Crippen molar-refractivity contribution in [2.45, 2.75) is 100 Å². The van der Waals surface area contributed by atoms with Gasteiger partial charge in [0.2, 0.25) is 59.1 Å². The van der Waals surface area contributed by atoms with E-state index in [0.717, 1.165) is 4.90 Å². The summed E-state index contributed by atoms with van der Waals surface area (Å²) >= 11 is 0. The molecule has 0 aromatic heterocycles. The fraction of sp³-hybridized carbons (Fsp3) is 0.500. The van der Waals surface area contributed by atoms with Gasteiger partial charge < -0.3 is 81.4 Å². The van der Waals surface area contributed by atoms with E-state index in [4.69, 9.17) is 34.4 Å². The molecule has 28 heteroatoms. The van der Waals surface area contributed by atoms with Crippen LogP contribution >= 0.6 is 0 Å². The summed E-state index contributed by atoms with van der Waals surface area (Å²) in [5, 5.41) is 32.6. The summed E-state index contributed by atoms with van der Waals surface area (Å²) in [7, 11) is 0. The van der Waals surface area contributed by atoms with Crippen molar-refractivity contribution in [3.63, 3.8) is 0 Å². The van der Waals surface area contributed by atoms with E-state index in [2.05, 4.69) is 36.9 Å². The second-order valence-corrected chi connectivity index (χ2v) is 15.0. The highest BCUT2D eigenvalue weighted by molar-refractivity contribution is 5.99. The lowest BCUT2D eigenvalue weighted by Gasteiger charge is -2.28. The van der Waals surface area contributed by atoms with Gasteiger partial charge in [-0.15, -0.1) is 0 Å². The number of carbonyl (C=O) groups is 12. The summed E-state index contributed by atoms with van der Waals surface area (Å²) in [5.74, 6) is -13.8. The van der Waals surface area contributed by atoms with Crippen LogP contribution < -0.4 is 66.3 Å². The van der Waals surface area contributed by atoms with E-state index in [1.165, 1.54) is 0 Å². The van der Waals surface area contributed by atoms with Gasteiger partial charge in [-0.2, -0.15) is 0 Å². The molecule has 0 unspecified atom stereocenters. The molecule has 1 fully saturated rings. The monoisotopic (exact) mass is 932 g/mol. The van der Waals surface area contributed by atoms with Crippen molar-refractivity contribution in [1.82, 2.24) is 36.8 Å². The maximum atomic E-state index is 13.8. The molecule has 0 aliphatic carbocycles. The smallest absolute Gasteiger partial charge is 0.326 e. The zero-order valence-electron chi connectivity index (χ0n) is 35.6. The van der Waals surface area contributed by atoms with E-state index in [1.807, 2.05) is 0 Å². The second-order valence-electron chi connectivity index (χ2n) is 15.0. The van der Waals surface area contributed by atoms with E-state index in [-0.39, 0.29) is 44.7 Å². The molecule has 362 valence electrons. The van der Waals surface area contributed by atoms with Crippen LogP contribution in [0.15, 0.2) is 35.3 Å². The lowest BCUT2D eigenvalue weighted by molar-refractivity contribution is -0.150. The molecule has 2 rings (SSSR count). The molecule has 0 bridgehead atoms. The van der Waals surface area contributed by atoms with Crippen molar-refractivity contribution in [3.05, 3.63) is 35.9 Å². The molecule has 1 heterocycles. The zero-order valence-corrected chi connectivity index (χ0v) is 35.6. The fourth-order valence-electron chi connectivity index (χ4n) is 6.46.